The zero-order valence-electron chi connectivity index (χ0n) is 17.6. The fourth-order valence-corrected chi connectivity index (χ4v) is 4.86. The molecule has 4 fully saturated rings. The number of hydrogen-bond donors (Lipinski definition) is 0. The summed E-state index contributed by atoms with van der Waals surface area (Å²) in [6.45, 7) is 4.09. The highest BCUT2D eigenvalue weighted by Gasteiger charge is 2.52. The topological polar surface area (TPSA) is 57.7 Å². The van der Waals surface area contributed by atoms with Gasteiger partial charge in [-0.15, -0.1) is 0 Å². The normalized spacial score (nSPS) is 27.1. The van der Waals surface area contributed by atoms with Gasteiger partial charge in [0.1, 0.15) is 5.78 Å². The lowest BCUT2D eigenvalue weighted by Crippen LogP contribution is -2.38. The van der Waals surface area contributed by atoms with E-state index in [0.29, 0.717) is 30.6 Å². The Bertz CT molecular complexity index is 660. The zero-order valence-corrected chi connectivity index (χ0v) is 17.6. The second-order valence-corrected chi connectivity index (χ2v) is 8.93. The molecule has 0 radical (unpaired) electrons. The molecule has 0 N–H and O–H groups in total. The highest BCUT2D eigenvalue weighted by atomic mass is 16.2. The van der Waals surface area contributed by atoms with Crippen LogP contribution in [0.15, 0.2) is 36.4 Å². The van der Waals surface area contributed by atoms with Crippen LogP contribution in [0.25, 0.3) is 0 Å². The third-order valence-electron chi connectivity index (χ3n) is 6.47. The van der Waals surface area contributed by atoms with Crippen LogP contribution in [0.2, 0.25) is 0 Å². The minimum absolute atomic E-state index is 0.236. The molecule has 0 aromatic heterocycles. The molecule has 0 bridgehead atoms. The SMILES string of the molecule is C[C@H]1CN(C=O)C2(CC2)C1.O=C1CCCC(=O)N2CCC[C@@H]2C1.c1ccccc1. The van der Waals surface area contributed by atoms with Gasteiger partial charge in [-0.1, -0.05) is 43.3 Å². The molecule has 158 valence electrons. The number of benzene rings is 1. The fraction of sp³-hybridized carbons (Fsp3) is 0.625. The van der Waals surface area contributed by atoms with Crippen molar-refractivity contribution in [2.24, 2.45) is 5.92 Å². The van der Waals surface area contributed by atoms with Gasteiger partial charge in [-0.05, 0) is 44.4 Å². The summed E-state index contributed by atoms with van der Waals surface area (Å²) in [5.74, 6) is 1.33. The number of likely N-dealkylation sites (tertiary alicyclic amines) is 1. The van der Waals surface area contributed by atoms with Crippen molar-refractivity contribution in [3.05, 3.63) is 36.4 Å². The second kappa shape index (κ2) is 10.0. The van der Waals surface area contributed by atoms with Crippen molar-refractivity contribution in [3.8, 4) is 0 Å². The van der Waals surface area contributed by atoms with Crippen LogP contribution in [0.1, 0.15) is 64.7 Å². The van der Waals surface area contributed by atoms with Crippen LogP contribution in [-0.2, 0) is 14.4 Å². The third-order valence-corrected chi connectivity index (χ3v) is 6.47. The zero-order chi connectivity index (χ0) is 20.7. The molecule has 5 nitrogen and oxygen atoms in total. The van der Waals surface area contributed by atoms with E-state index < -0.39 is 0 Å². The maximum atomic E-state index is 11.6. The van der Waals surface area contributed by atoms with Crippen LogP contribution in [0.3, 0.4) is 0 Å². The molecule has 0 unspecified atom stereocenters. The highest BCUT2D eigenvalue weighted by Crippen LogP contribution is 2.50. The summed E-state index contributed by atoms with van der Waals surface area (Å²) in [5, 5.41) is 0. The van der Waals surface area contributed by atoms with Crippen LogP contribution < -0.4 is 0 Å². The fourth-order valence-electron chi connectivity index (χ4n) is 4.86. The van der Waals surface area contributed by atoms with Crippen molar-refractivity contribution < 1.29 is 14.4 Å². The average molecular weight is 399 g/mol. The maximum Gasteiger partial charge on any atom is 0.222 e. The molecule has 29 heavy (non-hydrogen) atoms. The molecular formula is C24H34N2O3. The van der Waals surface area contributed by atoms with Gasteiger partial charge in [0.15, 0.2) is 0 Å². The van der Waals surface area contributed by atoms with Gasteiger partial charge in [0.25, 0.3) is 0 Å². The lowest BCUT2D eigenvalue weighted by molar-refractivity contribution is -0.134. The third kappa shape index (κ3) is 5.91. The van der Waals surface area contributed by atoms with Crippen molar-refractivity contribution in [2.75, 3.05) is 13.1 Å². The van der Waals surface area contributed by atoms with E-state index in [0.717, 1.165) is 44.7 Å². The van der Waals surface area contributed by atoms with Gasteiger partial charge in [-0.2, -0.15) is 0 Å². The number of fused-ring (bicyclic) bond motifs is 1. The van der Waals surface area contributed by atoms with Crippen molar-refractivity contribution in [1.29, 1.82) is 0 Å². The first-order chi connectivity index (χ1) is 14.0. The Morgan fingerprint density at radius 2 is 1.66 bits per heavy atom. The van der Waals surface area contributed by atoms with E-state index in [4.69, 9.17) is 0 Å². The van der Waals surface area contributed by atoms with E-state index in [1.54, 1.807) is 0 Å². The first kappa shape index (κ1) is 21.5. The summed E-state index contributed by atoms with van der Waals surface area (Å²) in [7, 11) is 0. The summed E-state index contributed by atoms with van der Waals surface area (Å²) in [6.07, 6.45) is 9.39. The highest BCUT2D eigenvalue weighted by molar-refractivity contribution is 5.83. The van der Waals surface area contributed by atoms with Gasteiger partial charge < -0.3 is 9.80 Å². The van der Waals surface area contributed by atoms with E-state index >= 15 is 0 Å². The molecule has 1 saturated carbocycles. The first-order valence-electron chi connectivity index (χ1n) is 11.1. The van der Waals surface area contributed by atoms with Crippen molar-refractivity contribution in [3.63, 3.8) is 0 Å². The van der Waals surface area contributed by atoms with Crippen LogP contribution in [-0.4, -0.2) is 52.6 Å². The van der Waals surface area contributed by atoms with Gasteiger partial charge in [0, 0.05) is 43.9 Å². The minimum atomic E-state index is 0.236. The molecule has 1 spiro atoms. The quantitative estimate of drug-likeness (QED) is 0.676. The van der Waals surface area contributed by atoms with E-state index in [2.05, 4.69) is 6.92 Å². The molecule has 3 aliphatic heterocycles. The van der Waals surface area contributed by atoms with Crippen molar-refractivity contribution >= 4 is 18.1 Å². The molecule has 1 aromatic rings. The van der Waals surface area contributed by atoms with Crippen molar-refractivity contribution in [1.82, 2.24) is 9.80 Å². The molecule has 1 aromatic carbocycles. The molecule has 1 aliphatic carbocycles. The standard InChI is InChI=1S/C10H15NO2.C8H13NO.C6H6/c12-9-4-1-5-10(13)11-6-2-3-8(11)7-9;1-7-4-8(2-3-8)9(5-7)6-10;1-2-4-6-5-3-1/h8H,1-7H2;6-7H,2-5H2,1H3;1-6H/t8-;7-;/m11./s1. The number of nitrogens with zero attached hydrogens (tertiary/aromatic N) is 2. The largest absolute Gasteiger partial charge is 0.339 e. The molecule has 5 heteroatoms. The summed E-state index contributed by atoms with van der Waals surface area (Å²) >= 11 is 0. The minimum Gasteiger partial charge on any atom is -0.339 e. The number of amides is 2. The Hall–Kier alpha value is -2.17. The van der Waals surface area contributed by atoms with Gasteiger partial charge in [-0.25, -0.2) is 0 Å². The number of ketones is 1. The Balaban J connectivity index is 0.000000133. The summed E-state index contributed by atoms with van der Waals surface area (Å²) in [4.78, 5) is 37.4. The molecular weight excluding hydrogens is 364 g/mol. The van der Waals surface area contributed by atoms with Crippen molar-refractivity contribution in [2.45, 2.75) is 76.3 Å². The Kier molecular flexibility index (Phi) is 7.45. The predicted molar refractivity (Wildman–Crippen MR) is 113 cm³/mol. The first-order valence-corrected chi connectivity index (χ1v) is 11.1. The van der Waals surface area contributed by atoms with Crippen LogP contribution in [0.4, 0.5) is 0 Å². The van der Waals surface area contributed by atoms with Crippen LogP contribution in [0.5, 0.6) is 0 Å². The maximum absolute atomic E-state index is 11.6. The molecule has 5 rings (SSSR count). The lowest BCUT2D eigenvalue weighted by Gasteiger charge is -2.26. The molecule has 2 atom stereocenters. The van der Waals surface area contributed by atoms with E-state index in [1.165, 1.54) is 19.3 Å². The summed E-state index contributed by atoms with van der Waals surface area (Å²) in [5.41, 5.74) is 0.348. The van der Waals surface area contributed by atoms with E-state index in [-0.39, 0.29) is 11.9 Å². The van der Waals surface area contributed by atoms with Crippen LogP contribution >= 0.6 is 0 Å². The number of Topliss-reactive ketones (excluding diaryl/α,β-unsaturated/α-hetero) is 1. The van der Waals surface area contributed by atoms with E-state index in [9.17, 15) is 14.4 Å². The molecule has 3 saturated heterocycles. The van der Waals surface area contributed by atoms with Gasteiger partial charge in [-0.3, -0.25) is 14.4 Å². The Morgan fingerprint density at radius 1 is 1.00 bits per heavy atom. The van der Waals surface area contributed by atoms with Gasteiger partial charge in [0.05, 0.1) is 0 Å². The van der Waals surface area contributed by atoms with Crippen LogP contribution in [0, 0.1) is 5.92 Å². The summed E-state index contributed by atoms with van der Waals surface area (Å²) in [6, 6.07) is 12.2. The van der Waals surface area contributed by atoms with E-state index in [1.807, 2.05) is 46.2 Å². The smallest absolute Gasteiger partial charge is 0.222 e. The monoisotopic (exact) mass is 398 g/mol. The molecule has 4 aliphatic rings. The Morgan fingerprint density at radius 3 is 2.21 bits per heavy atom. The predicted octanol–water partition coefficient (Wildman–Crippen LogP) is 3.82. The molecule has 3 heterocycles. The number of rotatable bonds is 1. The Labute approximate surface area is 174 Å². The number of carbonyl (C=O) groups is 3. The van der Waals surface area contributed by atoms with Gasteiger partial charge >= 0.3 is 0 Å². The average Bonchev–Trinajstić information content (AvgIpc) is 3.21. The van der Waals surface area contributed by atoms with Gasteiger partial charge in [0.2, 0.25) is 12.3 Å². The lowest BCUT2D eigenvalue weighted by atomic mass is 10.0. The molecule has 2 amide bonds. The summed E-state index contributed by atoms with van der Waals surface area (Å²) < 4.78 is 0. The second-order valence-electron chi connectivity index (χ2n) is 8.93. The number of hydrogen-bond acceptors (Lipinski definition) is 3. The number of carbonyl (C=O) groups excluding carboxylic acids is 3.